The van der Waals surface area contributed by atoms with Crippen molar-refractivity contribution in [1.82, 2.24) is 15.3 Å². The van der Waals surface area contributed by atoms with Crippen molar-refractivity contribution >= 4 is 11.8 Å². The number of hydroxylamine groups is 2. The second-order valence-corrected chi connectivity index (χ2v) is 7.87. The van der Waals surface area contributed by atoms with Gasteiger partial charge in [-0.15, -0.1) is 15.3 Å². The number of anilines is 1. The second kappa shape index (κ2) is 7.98. The monoisotopic (exact) mass is 408 g/mol. The lowest BCUT2D eigenvalue weighted by Gasteiger charge is -2.35. The van der Waals surface area contributed by atoms with Gasteiger partial charge in [-0.3, -0.25) is 0 Å². The van der Waals surface area contributed by atoms with Crippen LogP contribution in [-0.2, 0) is 15.8 Å². The summed E-state index contributed by atoms with van der Waals surface area (Å²) < 4.78 is 40.2. The molecule has 0 N–H and O–H groups in total. The zero-order valence-corrected chi connectivity index (χ0v) is 16.5. The van der Waals surface area contributed by atoms with Crippen molar-refractivity contribution in [3.05, 3.63) is 42.1 Å². The maximum absolute atomic E-state index is 13.4. The van der Waals surface area contributed by atoms with E-state index in [0.717, 1.165) is 0 Å². The van der Waals surface area contributed by atoms with E-state index in [0.29, 0.717) is 37.6 Å². The van der Waals surface area contributed by atoms with E-state index in [-0.39, 0.29) is 11.5 Å². The lowest BCUT2D eigenvalue weighted by atomic mass is 9.98. The number of carbonyl (C=O) groups excluding carboxylic acids is 1. The third-order valence-corrected chi connectivity index (χ3v) is 4.52. The van der Waals surface area contributed by atoms with Crippen LogP contribution in [-0.4, -0.2) is 47.4 Å². The number of hydrogen-bond acceptors (Lipinski definition) is 6. The van der Waals surface area contributed by atoms with Crippen LogP contribution >= 0.6 is 0 Å². The SMILES string of the molecule is CC(C)(C)C(=O)ON1CCN(c2cc(-c3ccccc3)c(C(F)(F)F)nn2)CC1. The molecule has 0 radical (unpaired) electrons. The number of hydrogen-bond donors (Lipinski definition) is 0. The molecular formula is C20H23F3N4O2. The maximum atomic E-state index is 13.4. The van der Waals surface area contributed by atoms with Gasteiger partial charge < -0.3 is 9.74 Å². The summed E-state index contributed by atoms with van der Waals surface area (Å²) >= 11 is 0. The van der Waals surface area contributed by atoms with Gasteiger partial charge in [0, 0.05) is 18.7 Å². The van der Waals surface area contributed by atoms with E-state index >= 15 is 0 Å². The fraction of sp³-hybridized carbons (Fsp3) is 0.450. The van der Waals surface area contributed by atoms with Crippen molar-refractivity contribution in [2.45, 2.75) is 26.9 Å². The minimum absolute atomic E-state index is 0.00955. The first kappa shape index (κ1) is 21.0. The highest BCUT2D eigenvalue weighted by atomic mass is 19.4. The van der Waals surface area contributed by atoms with Gasteiger partial charge >= 0.3 is 12.1 Å². The molecule has 1 aromatic heterocycles. The minimum atomic E-state index is -4.60. The topological polar surface area (TPSA) is 58.6 Å². The van der Waals surface area contributed by atoms with Crippen molar-refractivity contribution in [2.75, 3.05) is 31.1 Å². The predicted octanol–water partition coefficient (Wildman–Crippen LogP) is 3.79. The van der Waals surface area contributed by atoms with E-state index in [2.05, 4.69) is 10.2 Å². The van der Waals surface area contributed by atoms with Crippen LogP contribution in [0.5, 0.6) is 0 Å². The molecule has 0 saturated carbocycles. The molecule has 156 valence electrons. The molecule has 0 aliphatic carbocycles. The third kappa shape index (κ3) is 5.03. The Labute approximate surface area is 167 Å². The molecule has 1 aliphatic rings. The number of piperazine rings is 1. The van der Waals surface area contributed by atoms with Crippen LogP contribution in [0.25, 0.3) is 11.1 Å². The quantitative estimate of drug-likeness (QED) is 0.770. The Morgan fingerprint density at radius 1 is 1.00 bits per heavy atom. The molecule has 0 unspecified atom stereocenters. The van der Waals surface area contributed by atoms with Crippen molar-refractivity contribution in [3.8, 4) is 11.1 Å². The van der Waals surface area contributed by atoms with E-state index in [4.69, 9.17) is 4.84 Å². The molecule has 3 rings (SSSR count). The van der Waals surface area contributed by atoms with Crippen LogP contribution in [0, 0.1) is 5.41 Å². The predicted molar refractivity (Wildman–Crippen MR) is 102 cm³/mol. The van der Waals surface area contributed by atoms with Gasteiger partial charge in [0.15, 0.2) is 11.5 Å². The van der Waals surface area contributed by atoms with Crippen LogP contribution in [0.15, 0.2) is 36.4 Å². The summed E-state index contributed by atoms with van der Waals surface area (Å²) in [5.74, 6) is 0.0327. The van der Waals surface area contributed by atoms with E-state index in [9.17, 15) is 18.0 Å². The number of rotatable bonds is 3. The Bertz CT molecular complexity index is 858. The number of aromatic nitrogens is 2. The maximum Gasteiger partial charge on any atom is 0.435 e. The summed E-state index contributed by atoms with van der Waals surface area (Å²) in [6, 6.07) is 9.74. The van der Waals surface area contributed by atoms with Crippen LogP contribution in [0.3, 0.4) is 0 Å². The lowest BCUT2D eigenvalue weighted by Crippen LogP contribution is -2.48. The van der Waals surface area contributed by atoms with E-state index in [1.807, 2.05) is 4.90 Å². The van der Waals surface area contributed by atoms with Gasteiger partial charge in [-0.1, -0.05) is 30.3 Å². The van der Waals surface area contributed by atoms with Gasteiger partial charge in [0.1, 0.15) is 0 Å². The Hall–Kier alpha value is -2.68. The Balaban J connectivity index is 1.78. The fourth-order valence-electron chi connectivity index (χ4n) is 2.85. The first-order valence-electron chi connectivity index (χ1n) is 9.28. The van der Waals surface area contributed by atoms with Crippen molar-refractivity contribution in [1.29, 1.82) is 0 Å². The molecular weight excluding hydrogens is 385 g/mol. The zero-order valence-electron chi connectivity index (χ0n) is 16.5. The van der Waals surface area contributed by atoms with Crippen LogP contribution < -0.4 is 4.90 Å². The summed E-state index contributed by atoms with van der Waals surface area (Å²) in [5.41, 5.74) is -1.20. The molecule has 0 spiro atoms. The van der Waals surface area contributed by atoms with Gasteiger partial charge in [0.25, 0.3) is 0 Å². The Morgan fingerprint density at radius 3 is 2.17 bits per heavy atom. The Kier molecular flexibility index (Phi) is 5.79. The average Bonchev–Trinajstić information content (AvgIpc) is 2.67. The zero-order chi connectivity index (χ0) is 21.2. The molecule has 1 aliphatic heterocycles. The van der Waals surface area contributed by atoms with E-state index < -0.39 is 17.3 Å². The first-order chi connectivity index (χ1) is 13.6. The van der Waals surface area contributed by atoms with Crippen LogP contribution in [0.4, 0.5) is 19.0 Å². The summed E-state index contributed by atoms with van der Waals surface area (Å²) in [5, 5.41) is 8.86. The van der Waals surface area contributed by atoms with Crippen LogP contribution in [0.1, 0.15) is 26.5 Å². The molecule has 6 nitrogen and oxygen atoms in total. The van der Waals surface area contributed by atoms with Gasteiger partial charge in [0.05, 0.1) is 18.5 Å². The molecule has 2 aromatic rings. The van der Waals surface area contributed by atoms with Crippen molar-refractivity contribution < 1.29 is 22.8 Å². The molecule has 1 fully saturated rings. The highest BCUT2D eigenvalue weighted by Crippen LogP contribution is 2.36. The molecule has 2 heterocycles. The van der Waals surface area contributed by atoms with Crippen molar-refractivity contribution in [3.63, 3.8) is 0 Å². The highest BCUT2D eigenvalue weighted by molar-refractivity contribution is 5.75. The first-order valence-corrected chi connectivity index (χ1v) is 9.28. The molecule has 1 saturated heterocycles. The summed E-state index contributed by atoms with van der Waals surface area (Å²) in [6.07, 6.45) is -4.60. The molecule has 9 heteroatoms. The number of alkyl halides is 3. The van der Waals surface area contributed by atoms with Gasteiger partial charge in [-0.25, -0.2) is 4.79 Å². The number of carbonyl (C=O) groups is 1. The molecule has 0 bridgehead atoms. The highest BCUT2D eigenvalue weighted by Gasteiger charge is 2.37. The summed E-state index contributed by atoms with van der Waals surface area (Å²) in [7, 11) is 0. The number of nitrogens with zero attached hydrogens (tertiary/aromatic N) is 4. The van der Waals surface area contributed by atoms with E-state index in [1.54, 1.807) is 56.2 Å². The second-order valence-electron chi connectivity index (χ2n) is 7.87. The standard InChI is InChI=1S/C20H23F3N4O2/c1-19(2,3)18(28)29-27-11-9-26(10-12-27)16-13-15(14-7-5-4-6-8-14)17(25-24-16)20(21,22)23/h4-8,13H,9-12H2,1-3H3. The summed E-state index contributed by atoms with van der Waals surface area (Å²) in [6.45, 7) is 7.06. The number of benzene rings is 1. The lowest BCUT2D eigenvalue weighted by molar-refractivity contribution is -0.201. The normalized spacial score (nSPS) is 16.0. The third-order valence-electron chi connectivity index (χ3n) is 4.52. The molecule has 1 aromatic carbocycles. The minimum Gasteiger partial charge on any atom is -0.367 e. The molecule has 29 heavy (non-hydrogen) atoms. The number of halogens is 3. The van der Waals surface area contributed by atoms with E-state index in [1.165, 1.54) is 6.07 Å². The fourth-order valence-corrected chi connectivity index (χ4v) is 2.85. The Morgan fingerprint density at radius 2 is 1.62 bits per heavy atom. The van der Waals surface area contributed by atoms with Gasteiger partial charge in [-0.2, -0.15) is 13.2 Å². The molecule has 0 atom stereocenters. The largest absolute Gasteiger partial charge is 0.435 e. The van der Waals surface area contributed by atoms with Crippen molar-refractivity contribution in [2.24, 2.45) is 5.41 Å². The summed E-state index contributed by atoms with van der Waals surface area (Å²) in [4.78, 5) is 19.2. The molecule has 0 amide bonds. The average molecular weight is 408 g/mol. The van der Waals surface area contributed by atoms with Gasteiger partial charge in [0.2, 0.25) is 0 Å². The van der Waals surface area contributed by atoms with Gasteiger partial charge in [-0.05, 0) is 32.4 Å². The smallest absolute Gasteiger partial charge is 0.367 e. The van der Waals surface area contributed by atoms with Crippen LogP contribution in [0.2, 0.25) is 0 Å².